The van der Waals surface area contributed by atoms with Crippen molar-refractivity contribution < 1.29 is 14.6 Å². The molecule has 1 saturated heterocycles. The van der Waals surface area contributed by atoms with Gasteiger partial charge in [0.1, 0.15) is 11.6 Å². The van der Waals surface area contributed by atoms with Crippen molar-refractivity contribution in [1.82, 2.24) is 0 Å². The van der Waals surface area contributed by atoms with Crippen LogP contribution in [0.3, 0.4) is 0 Å². The fourth-order valence-electron chi connectivity index (χ4n) is 1.91. The fourth-order valence-corrected chi connectivity index (χ4v) is 1.91. The van der Waals surface area contributed by atoms with Crippen LogP contribution in [0.5, 0.6) is 0 Å². The molecule has 1 heterocycles. The number of morpholine rings is 1. The van der Waals surface area contributed by atoms with Gasteiger partial charge in [0.15, 0.2) is 0 Å². The van der Waals surface area contributed by atoms with Gasteiger partial charge in [-0.2, -0.15) is 5.26 Å². The van der Waals surface area contributed by atoms with Gasteiger partial charge in [-0.05, 0) is 23.8 Å². The molecule has 19 heavy (non-hydrogen) atoms. The summed E-state index contributed by atoms with van der Waals surface area (Å²) in [6, 6.07) is 9.13. The molecule has 1 aromatic carbocycles. The average molecular weight is 258 g/mol. The molecule has 0 saturated carbocycles. The number of nitriles is 1. The van der Waals surface area contributed by atoms with Crippen molar-refractivity contribution in [2.75, 3.05) is 31.2 Å². The van der Waals surface area contributed by atoms with Crippen molar-refractivity contribution in [1.29, 1.82) is 5.26 Å². The minimum absolute atomic E-state index is 0.265. The summed E-state index contributed by atoms with van der Waals surface area (Å²) in [4.78, 5) is 12.9. The largest absolute Gasteiger partial charge is 0.477 e. The van der Waals surface area contributed by atoms with Gasteiger partial charge >= 0.3 is 5.97 Å². The number of carboxylic acid groups (broad SMARTS) is 1. The zero-order valence-corrected chi connectivity index (χ0v) is 10.4. The second-order valence-corrected chi connectivity index (χ2v) is 4.17. The quantitative estimate of drug-likeness (QED) is 0.657. The SMILES string of the molecule is N#CC(=Cc1ccc(N2CCOCC2)cc1)C(=O)O. The molecule has 0 aliphatic carbocycles. The fraction of sp³-hybridized carbons (Fsp3) is 0.286. The third kappa shape index (κ3) is 3.33. The number of rotatable bonds is 3. The van der Waals surface area contributed by atoms with E-state index < -0.39 is 5.97 Å². The Morgan fingerprint density at radius 2 is 1.95 bits per heavy atom. The molecule has 0 aromatic heterocycles. The summed E-state index contributed by atoms with van der Waals surface area (Å²) < 4.78 is 5.29. The molecular weight excluding hydrogens is 244 g/mol. The van der Waals surface area contributed by atoms with Crippen molar-refractivity contribution in [2.45, 2.75) is 0 Å². The van der Waals surface area contributed by atoms with Crippen LogP contribution in [-0.2, 0) is 9.53 Å². The van der Waals surface area contributed by atoms with Gasteiger partial charge in [0, 0.05) is 18.8 Å². The van der Waals surface area contributed by atoms with Gasteiger partial charge < -0.3 is 14.7 Å². The lowest BCUT2D eigenvalue weighted by molar-refractivity contribution is -0.132. The highest BCUT2D eigenvalue weighted by Crippen LogP contribution is 2.18. The molecule has 1 N–H and O–H groups in total. The van der Waals surface area contributed by atoms with E-state index in [1.54, 1.807) is 6.07 Å². The first-order valence-corrected chi connectivity index (χ1v) is 5.98. The van der Waals surface area contributed by atoms with Crippen molar-refractivity contribution >= 4 is 17.7 Å². The third-order valence-corrected chi connectivity index (χ3v) is 2.93. The van der Waals surface area contributed by atoms with Crippen LogP contribution >= 0.6 is 0 Å². The molecule has 5 heteroatoms. The molecule has 0 amide bonds. The van der Waals surface area contributed by atoms with Gasteiger partial charge in [0.05, 0.1) is 13.2 Å². The van der Waals surface area contributed by atoms with E-state index in [0.29, 0.717) is 5.56 Å². The van der Waals surface area contributed by atoms with E-state index in [1.807, 2.05) is 24.3 Å². The predicted molar refractivity (Wildman–Crippen MR) is 70.7 cm³/mol. The maximum absolute atomic E-state index is 10.7. The van der Waals surface area contributed by atoms with E-state index in [4.69, 9.17) is 15.1 Å². The molecule has 98 valence electrons. The van der Waals surface area contributed by atoms with Crippen LogP contribution < -0.4 is 4.90 Å². The Morgan fingerprint density at radius 3 is 2.47 bits per heavy atom. The minimum Gasteiger partial charge on any atom is -0.477 e. The Morgan fingerprint density at radius 1 is 1.32 bits per heavy atom. The average Bonchev–Trinajstić information content (AvgIpc) is 2.46. The molecule has 0 atom stereocenters. The Bertz CT molecular complexity index is 523. The van der Waals surface area contributed by atoms with Gasteiger partial charge in [0.2, 0.25) is 0 Å². The van der Waals surface area contributed by atoms with Gasteiger partial charge in [-0.15, -0.1) is 0 Å². The van der Waals surface area contributed by atoms with Gasteiger partial charge in [-0.3, -0.25) is 0 Å². The van der Waals surface area contributed by atoms with Gasteiger partial charge in [-0.1, -0.05) is 12.1 Å². The highest BCUT2D eigenvalue weighted by atomic mass is 16.5. The number of hydrogen-bond acceptors (Lipinski definition) is 4. The van der Waals surface area contributed by atoms with Crippen LogP contribution in [0.15, 0.2) is 29.8 Å². The topological polar surface area (TPSA) is 73.6 Å². The summed E-state index contributed by atoms with van der Waals surface area (Å²) in [6.07, 6.45) is 1.37. The maximum atomic E-state index is 10.7. The molecule has 5 nitrogen and oxygen atoms in total. The molecular formula is C14H14N2O3. The van der Waals surface area contributed by atoms with Crippen LogP contribution in [0.1, 0.15) is 5.56 Å². The summed E-state index contributed by atoms with van der Waals surface area (Å²) in [5.74, 6) is -1.21. The van der Waals surface area contributed by atoms with E-state index in [1.165, 1.54) is 6.08 Å². The van der Waals surface area contributed by atoms with Gasteiger partial charge in [-0.25, -0.2) is 4.79 Å². The van der Waals surface area contributed by atoms with E-state index in [2.05, 4.69) is 4.90 Å². The van der Waals surface area contributed by atoms with Crippen molar-refractivity contribution in [2.24, 2.45) is 0 Å². The number of aliphatic carboxylic acids is 1. The second kappa shape index (κ2) is 6.03. The molecule has 0 bridgehead atoms. The summed E-state index contributed by atoms with van der Waals surface area (Å²) >= 11 is 0. The Labute approximate surface area is 111 Å². The molecule has 0 radical (unpaired) electrons. The van der Waals surface area contributed by atoms with Crippen LogP contribution in [0.25, 0.3) is 6.08 Å². The van der Waals surface area contributed by atoms with Crippen molar-refractivity contribution in [3.05, 3.63) is 35.4 Å². The number of benzene rings is 1. The maximum Gasteiger partial charge on any atom is 0.346 e. The van der Waals surface area contributed by atoms with Crippen LogP contribution in [0, 0.1) is 11.3 Å². The van der Waals surface area contributed by atoms with Crippen LogP contribution in [0.2, 0.25) is 0 Å². The number of carboxylic acids is 1. The Hall–Kier alpha value is -2.32. The summed E-state index contributed by atoms with van der Waals surface area (Å²) in [5.41, 5.74) is 1.52. The predicted octanol–water partition coefficient (Wildman–Crippen LogP) is 1.51. The van der Waals surface area contributed by atoms with Crippen molar-refractivity contribution in [3.8, 4) is 6.07 Å². The van der Waals surface area contributed by atoms with E-state index in [0.717, 1.165) is 32.0 Å². The highest BCUT2D eigenvalue weighted by Gasteiger charge is 2.11. The molecule has 0 unspecified atom stereocenters. The standard InChI is InChI=1S/C14H14N2O3/c15-10-12(14(17)18)9-11-1-3-13(4-2-11)16-5-7-19-8-6-16/h1-4,9H,5-8H2,(H,17,18). The molecule has 1 aliphatic rings. The lowest BCUT2D eigenvalue weighted by Gasteiger charge is -2.28. The molecule has 1 fully saturated rings. The molecule has 1 aliphatic heterocycles. The molecule has 0 spiro atoms. The van der Waals surface area contributed by atoms with Crippen LogP contribution in [0.4, 0.5) is 5.69 Å². The van der Waals surface area contributed by atoms with Crippen molar-refractivity contribution in [3.63, 3.8) is 0 Å². The molecule has 2 rings (SSSR count). The van der Waals surface area contributed by atoms with E-state index in [9.17, 15) is 4.79 Å². The number of anilines is 1. The summed E-state index contributed by atoms with van der Waals surface area (Å²) in [5, 5.41) is 17.5. The number of hydrogen-bond donors (Lipinski definition) is 1. The van der Waals surface area contributed by atoms with E-state index >= 15 is 0 Å². The number of ether oxygens (including phenoxy) is 1. The smallest absolute Gasteiger partial charge is 0.346 e. The monoisotopic (exact) mass is 258 g/mol. The second-order valence-electron chi connectivity index (χ2n) is 4.17. The lowest BCUT2D eigenvalue weighted by Crippen LogP contribution is -2.36. The first-order chi connectivity index (χ1) is 9.20. The Kier molecular flexibility index (Phi) is 4.16. The number of nitrogens with zero attached hydrogens (tertiary/aromatic N) is 2. The third-order valence-electron chi connectivity index (χ3n) is 2.93. The Balaban J connectivity index is 2.14. The summed E-state index contributed by atoms with van der Waals surface area (Å²) in [7, 11) is 0. The number of carbonyl (C=O) groups is 1. The zero-order chi connectivity index (χ0) is 13.7. The minimum atomic E-state index is -1.21. The van der Waals surface area contributed by atoms with E-state index in [-0.39, 0.29) is 5.57 Å². The highest BCUT2D eigenvalue weighted by molar-refractivity contribution is 5.96. The van der Waals surface area contributed by atoms with Crippen LogP contribution in [-0.4, -0.2) is 37.4 Å². The van der Waals surface area contributed by atoms with Gasteiger partial charge in [0.25, 0.3) is 0 Å². The first kappa shape index (κ1) is 13.1. The normalized spacial score (nSPS) is 15.9. The first-order valence-electron chi connectivity index (χ1n) is 5.98. The molecule has 1 aromatic rings. The summed E-state index contributed by atoms with van der Waals surface area (Å²) in [6.45, 7) is 3.15. The zero-order valence-electron chi connectivity index (χ0n) is 10.4. The lowest BCUT2D eigenvalue weighted by atomic mass is 10.1.